The number of hydrogen-bond donors (Lipinski definition) is 1. The number of aliphatic hydroxyl groups is 1. The zero-order valence-corrected chi connectivity index (χ0v) is 19.6. The summed E-state index contributed by atoms with van der Waals surface area (Å²) in [7, 11) is 0. The monoisotopic (exact) mass is 498 g/mol. The molecule has 1 N–H and O–H groups in total. The van der Waals surface area contributed by atoms with E-state index >= 15 is 0 Å². The average molecular weight is 499 g/mol. The first-order chi connectivity index (χ1) is 17.9. The maximum Gasteiger partial charge on any atom is 0.416 e. The van der Waals surface area contributed by atoms with Gasteiger partial charge < -0.3 is 9.84 Å². The SMILES string of the molecule is N#Cc1c(-c2ccc(C(F)(F)F)cc2)cc(-c2ccc3c(ccc4ccccc43)c2)nc1OCCCO. The van der Waals surface area contributed by atoms with Crippen molar-refractivity contribution in [1.29, 1.82) is 5.26 Å². The number of rotatable bonds is 6. The molecular formula is C30H21F3N2O2. The van der Waals surface area contributed by atoms with Gasteiger partial charge in [0.1, 0.15) is 11.6 Å². The minimum Gasteiger partial charge on any atom is -0.477 e. The van der Waals surface area contributed by atoms with Crippen LogP contribution in [0, 0.1) is 11.3 Å². The van der Waals surface area contributed by atoms with Gasteiger partial charge >= 0.3 is 6.18 Å². The van der Waals surface area contributed by atoms with E-state index in [-0.39, 0.29) is 24.7 Å². The molecule has 184 valence electrons. The highest BCUT2D eigenvalue weighted by atomic mass is 19.4. The molecule has 0 aliphatic carbocycles. The molecule has 7 heteroatoms. The second-order valence-corrected chi connectivity index (χ2v) is 8.57. The first-order valence-corrected chi connectivity index (χ1v) is 11.7. The Balaban J connectivity index is 1.66. The summed E-state index contributed by atoms with van der Waals surface area (Å²) in [5.41, 5.74) is 1.49. The van der Waals surface area contributed by atoms with Crippen LogP contribution in [-0.2, 0) is 6.18 Å². The quantitative estimate of drug-likeness (QED) is 0.196. The van der Waals surface area contributed by atoms with Crippen LogP contribution in [0.2, 0.25) is 0 Å². The number of nitriles is 1. The van der Waals surface area contributed by atoms with Crippen molar-refractivity contribution in [1.82, 2.24) is 4.98 Å². The first-order valence-electron chi connectivity index (χ1n) is 11.7. The number of fused-ring (bicyclic) bond motifs is 3. The van der Waals surface area contributed by atoms with E-state index < -0.39 is 11.7 Å². The lowest BCUT2D eigenvalue weighted by Gasteiger charge is -2.15. The molecule has 0 unspecified atom stereocenters. The third-order valence-electron chi connectivity index (χ3n) is 6.20. The smallest absolute Gasteiger partial charge is 0.416 e. The summed E-state index contributed by atoms with van der Waals surface area (Å²) in [4.78, 5) is 4.59. The van der Waals surface area contributed by atoms with E-state index in [2.05, 4.69) is 23.2 Å². The number of benzene rings is 4. The zero-order chi connectivity index (χ0) is 26.0. The Morgan fingerprint density at radius 1 is 0.838 bits per heavy atom. The second kappa shape index (κ2) is 9.92. The number of nitrogens with zero attached hydrogens (tertiary/aromatic N) is 2. The number of hydrogen-bond acceptors (Lipinski definition) is 4. The molecule has 0 aliphatic heterocycles. The summed E-state index contributed by atoms with van der Waals surface area (Å²) in [6.07, 6.45) is -4.12. The van der Waals surface area contributed by atoms with E-state index in [1.165, 1.54) is 12.1 Å². The molecule has 4 nitrogen and oxygen atoms in total. The maximum absolute atomic E-state index is 13.1. The fraction of sp³-hybridized carbons (Fsp3) is 0.133. The van der Waals surface area contributed by atoms with Crippen molar-refractivity contribution >= 4 is 21.5 Å². The van der Waals surface area contributed by atoms with Gasteiger partial charge in [0, 0.05) is 24.2 Å². The molecule has 0 radical (unpaired) electrons. The number of alkyl halides is 3. The van der Waals surface area contributed by atoms with E-state index in [0.29, 0.717) is 23.2 Å². The van der Waals surface area contributed by atoms with Crippen molar-refractivity contribution in [2.24, 2.45) is 0 Å². The van der Waals surface area contributed by atoms with Gasteiger partial charge in [0.2, 0.25) is 5.88 Å². The highest BCUT2D eigenvalue weighted by molar-refractivity contribution is 6.08. The van der Waals surface area contributed by atoms with Crippen molar-refractivity contribution in [2.75, 3.05) is 13.2 Å². The lowest BCUT2D eigenvalue weighted by molar-refractivity contribution is -0.137. The maximum atomic E-state index is 13.1. The summed E-state index contributed by atoms with van der Waals surface area (Å²) in [6, 6.07) is 26.5. The van der Waals surface area contributed by atoms with Gasteiger partial charge in [0.05, 0.1) is 17.9 Å². The Morgan fingerprint density at radius 3 is 2.27 bits per heavy atom. The summed E-state index contributed by atoms with van der Waals surface area (Å²) < 4.78 is 45.1. The van der Waals surface area contributed by atoms with E-state index in [1.54, 1.807) is 6.07 Å². The molecule has 0 atom stereocenters. The molecule has 4 aromatic carbocycles. The molecule has 37 heavy (non-hydrogen) atoms. The topological polar surface area (TPSA) is 66.1 Å². The molecular weight excluding hydrogens is 477 g/mol. The summed E-state index contributed by atoms with van der Waals surface area (Å²) in [5.74, 6) is 0.0713. The minimum absolute atomic E-state index is 0.0713. The normalized spacial score (nSPS) is 11.5. The Hall–Kier alpha value is -4.41. The van der Waals surface area contributed by atoms with Crippen molar-refractivity contribution in [3.63, 3.8) is 0 Å². The van der Waals surface area contributed by atoms with Crippen LogP contribution in [-0.4, -0.2) is 23.3 Å². The van der Waals surface area contributed by atoms with Gasteiger partial charge in [-0.05, 0) is 51.4 Å². The lowest BCUT2D eigenvalue weighted by atomic mass is 9.96. The average Bonchev–Trinajstić information content (AvgIpc) is 2.92. The van der Waals surface area contributed by atoms with Crippen molar-refractivity contribution < 1.29 is 23.0 Å². The Bertz CT molecular complexity index is 1640. The van der Waals surface area contributed by atoms with Crippen LogP contribution in [0.25, 0.3) is 43.9 Å². The molecule has 0 saturated heterocycles. The highest BCUT2D eigenvalue weighted by Gasteiger charge is 2.30. The number of halogens is 3. The Kier molecular flexibility index (Phi) is 6.51. The molecule has 0 saturated carbocycles. The van der Waals surface area contributed by atoms with Crippen molar-refractivity contribution in [2.45, 2.75) is 12.6 Å². The fourth-order valence-electron chi connectivity index (χ4n) is 4.35. The van der Waals surface area contributed by atoms with Crippen molar-refractivity contribution in [3.8, 4) is 34.3 Å². The van der Waals surface area contributed by atoms with E-state index in [1.807, 2.05) is 42.5 Å². The van der Waals surface area contributed by atoms with Crippen LogP contribution < -0.4 is 4.74 Å². The minimum atomic E-state index is -4.46. The van der Waals surface area contributed by atoms with Crippen LogP contribution in [0.3, 0.4) is 0 Å². The summed E-state index contributed by atoms with van der Waals surface area (Å²) in [6.45, 7) is 0.0454. The summed E-state index contributed by atoms with van der Waals surface area (Å²) >= 11 is 0. The second-order valence-electron chi connectivity index (χ2n) is 8.57. The molecule has 0 fully saturated rings. The zero-order valence-electron chi connectivity index (χ0n) is 19.6. The van der Waals surface area contributed by atoms with Gasteiger partial charge in [-0.25, -0.2) is 4.98 Å². The van der Waals surface area contributed by atoms with Gasteiger partial charge in [-0.3, -0.25) is 0 Å². The standard InChI is InChI=1S/C30H21F3N2O2/c31-30(32,33)23-11-8-20(9-12-23)26-17-28(35-29(27(26)18-34)37-15-3-14-36)22-10-13-25-21(16-22)7-6-19-4-1-2-5-24(19)25/h1-2,4-13,16-17,36H,3,14-15H2. The largest absolute Gasteiger partial charge is 0.477 e. The van der Waals surface area contributed by atoms with Gasteiger partial charge in [0.15, 0.2) is 0 Å². The van der Waals surface area contributed by atoms with Crippen LogP contribution in [0.5, 0.6) is 5.88 Å². The number of pyridine rings is 1. The van der Waals surface area contributed by atoms with Crippen LogP contribution in [0.1, 0.15) is 17.5 Å². The number of ether oxygens (including phenoxy) is 1. The van der Waals surface area contributed by atoms with Crippen LogP contribution >= 0.6 is 0 Å². The first kappa shape index (κ1) is 24.3. The molecule has 1 aromatic heterocycles. The molecule has 5 aromatic rings. The van der Waals surface area contributed by atoms with E-state index in [9.17, 15) is 18.4 Å². The van der Waals surface area contributed by atoms with Gasteiger partial charge in [-0.1, -0.05) is 60.7 Å². The highest BCUT2D eigenvalue weighted by Crippen LogP contribution is 2.37. The molecule has 1 heterocycles. The molecule has 0 aliphatic rings. The van der Waals surface area contributed by atoms with Crippen LogP contribution in [0.4, 0.5) is 13.2 Å². The van der Waals surface area contributed by atoms with Crippen LogP contribution in [0.15, 0.2) is 84.9 Å². The number of aliphatic hydroxyl groups excluding tert-OH is 1. The molecule has 0 amide bonds. The molecule has 5 rings (SSSR count). The van der Waals surface area contributed by atoms with Gasteiger partial charge in [-0.15, -0.1) is 0 Å². The van der Waals surface area contributed by atoms with Gasteiger partial charge in [-0.2, -0.15) is 18.4 Å². The predicted molar refractivity (Wildman–Crippen MR) is 137 cm³/mol. The van der Waals surface area contributed by atoms with Gasteiger partial charge in [0.25, 0.3) is 0 Å². The third kappa shape index (κ3) is 4.84. The molecule has 0 spiro atoms. The summed E-state index contributed by atoms with van der Waals surface area (Å²) in [5, 5.41) is 23.4. The Labute approximate surface area is 211 Å². The lowest BCUT2D eigenvalue weighted by Crippen LogP contribution is -2.06. The number of aromatic nitrogens is 1. The van der Waals surface area contributed by atoms with E-state index in [0.717, 1.165) is 39.2 Å². The molecule has 0 bridgehead atoms. The Morgan fingerprint density at radius 2 is 1.54 bits per heavy atom. The third-order valence-corrected chi connectivity index (χ3v) is 6.20. The fourth-order valence-corrected chi connectivity index (χ4v) is 4.35. The predicted octanol–water partition coefficient (Wildman–Crippen LogP) is 7.37. The van der Waals surface area contributed by atoms with Crippen molar-refractivity contribution in [3.05, 3.63) is 96.1 Å². The van der Waals surface area contributed by atoms with E-state index in [4.69, 9.17) is 9.84 Å².